The van der Waals surface area contributed by atoms with Crippen LogP contribution in [0.2, 0.25) is 0 Å². The van der Waals surface area contributed by atoms with Gasteiger partial charge in [0, 0.05) is 29.9 Å². The maximum absolute atomic E-state index is 13.7. The molecule has 1 N–H and O–H groups in total. The van der Waals surface area contributed by atoms with E-state index in [1.54, 1.807) is 11.8 Å². The highest BCUT2D eigenvalue weighted by molar-refractivity contribution is 5.96. The molecule has 120 valence electrons. The molecule has 23 heavy (non-hydrogen) atoms. The lowest BCUT2D eigenvalue weighted by molar-refractivity contribution is -0.117. The largest absolute Gasteiger partial charge is 0.311 e. The first kappa shape index (κ1) is 15.6. The van der Waals surface area contributed by atoms with E-state index in [-0.39, 0.29) is 18.5 Å². The Balaban J connectivity index is 1.63. The minimum absolute atomic E-state index is 0.0516. The number of carbonyl (C=O) groups excluding carboxylic acids is 1. The number of amides is 1. The highest BCUT2D eigenvalue weighted by Crippen LogP contribution is 2.27. The first-order chi connectivity index (χ1) is 11.1. The molecule has 0 saturated heterocycles. The van der Waals surface area contributed by atoms with Crippen LogP contribution in [0.25, 0.3) is 0 Å². The number of hydrogen-bond donors (Lipinski definition) is 1. The summed E-state index contributed by atoms with van der Waals surface area (Å²) in [5, 5.41) is 3.01. The average Bonchev–Trinajstić information content (AvgIpc) is 2.96. The van der Waals surface area contributed by atoms with Crippen molar-refractivity contribution in [3.8, 4) is 0 Å². The van der Waals surface area contributed by atoms with Crippen LogP contribution in [-0.2, 0) is 11.2 Å². The molecular formula is C18H18F2N2O. The van der Waals surface area contributed by atoms with Crippen LogP contribution < -0.4 is 10.2 Å². The van der Waals surface area contributed by atoms with Gasteiger partial charge in [-0.25, -0.2) is 8.78 Å². The van der Waals surface area contributed by atoms with Crippen LogP contribution in [-0.4, -0.2) is 19.0 Å². The smallest absolute Gasteiger partial charge is 0.240 e. The number of rotatable bonds is 4. The van der Waals surface area contributed by atoms with Crippen LogP contribution in [0.15, 0.2) is 42.5 Å². The molecule has 0 spiro atoms. The molecule has 1 atom stereocenters. The maximum atomic E-state index is 13.7. The summed E-state index contributed by atoms with van der Waals surface area (Å²) in [6.07, 6.45) is 0.851. The molecule has 2 aromatic rings. The summed E-state index contributed by atoms with van der Waals surface area (Å²) in [5.41, 5.74) is 2.46. The van der Waals surface area contributed by atoms with Crippen molar-refractivity contribution in [2.75, 3.05) is 18.0 Å². The van der Waals surface area contributed by atoms with Crippen LogP contribution in [0.1, 0.15) is 24.1 Å². The van der Waals surface area contributed by atoms with Crippen LogP contribution in [0, 0.1) is 11.6 Å². The fourth-order valence-electron chi connectivity index (χ4n) is 2.90. The molecule has 0 radical (unpaired) electrons. The van der Waals surface area contributed by atoms with Crippen LogP contribution in [0.5, 0.6) is 0 Å². The van der Waals surface area contributed by atoms with Gasteiger partial charge in [0.25, 0.3) is 0 Å². The molecule has 0 fully saturated rings. The van der Waals surface area contributed by atoms with Gasteiger partial charge in [0.05, 0.1) is 6.54 Å². The number of para-hydroxylation sites is 1. The van der Waals surface area contributed by atoms with Crippen molar-refractivity contribution in [2.24, 2.45) is 0 Å². The van der Waals surface area contributed by atoms with Gasteiger partial charge < -0.3 is 10.2 Å². The van der Waals surface area contributed by atoms with E-state index in [4.69, 9.17) is 0 Å². The zero-order valence-electron chi connectivity index (χ0n) is 12.9. The van der Waals surface area contributed by atoms with Gasteiger partial charge in [-0.05, 0) is 31.0 Å². The minimum atomic E-state index is -0.608. The van der Waals surface area contributed by atoms with Crippen LogP contribution in [0.3, 0.4) is 0 Å². The van der Waals surface area contributed by atoms with E-state index < -0.39 is 11.6 Å². The number of halogens is 2. The third-order valence-corrected chi connectivity index (χ3v) is 4.18. The van der Waals surface area contributed by atoms with Gasteiger partial charge in [0.2, 0.25) is 5.91 Å². The second-order valence-corrected chi connectivity index (χ2v) is 5.69. The first-order valence-corrected chi connectivity index (χ1v) is 7.63. The van der Waals surface area contributed by atoms with E-state index in [0.29, 0.717) is 12.1 Å². The van der Waals surface area contributed by atoms with E-state index in [2.05, 4.69) is 5.32 Å². The number of nitrogens with one attached hydrogen (secondary N) is 1. The monoisotopic (exact) mass is 316 g/mol. The Morgan fingerprint density at radius 1 is 1.26 bits per heavy atom. The molecule has 0 bridgehead atoms. The van der Waals surface area contributed by atoms with Crippen molar-refractivity contribution in [1.82, 2.24) is 5.32 Å². The second kappa shape index (κ2) is 6.46. The minimum Gasteiger partial charge on any atom is -0.311 e. The lowest BCUT2D eigenvalue weighted by Crippen LogP contribution is -2.38. The van der Waals surface area contributed by atoms with Crippen LogP contribution in [0.4, 0.5) is 14.5 Å². The first-order valence-electron chi connectivity index (χ1n) is 7.63. The van der Waals surface area contributed by atoms with Gasteiger partial charge in [0.1, 0.15) is 11.6 Å². The molecule has 3 nitrogen and oxygen atoms in total. The lowest BCUT2D eigenvalue weighted by Gasteiger charge is -2.20. The molecule has 0 aliphatic carbocycles. The number of benzene rings is 2. The van der Waals surface area contributed by atoms with E-state index >= 15 is 0 Å². The zero-order valence-corrected chi connectivity index (χ0v) is 12.9. The van der Waals surface area contributed by atoms with Gasteiger partial charge in [-0.1, -0.05) is 24.3 Å². The predicted octanol–water partition coefficient (Wildman–Crippen LogP) is 3.20. The summed E-state index contributed by atoms with van der Waals surface area (Å²) in [7, 11) is 0. The van der Waals surface area contributed by atoms with Crippen molar-refractivity contribution in [2.45, 2.75) is 19.4 Å². The number of carbonyl (C=O) groups is 1. The Bertz CT molecular complexity index is 733. The highest BCUT2D eigenvalue weighted by atomic mass is 19.1. The van der Waals surface area contributed by atoms with Crippen molar-refractivity contribution in [3.05, 3.63) is 65.2 Å². The number of hydrogen-bond acceptors (Lipinski definition) is 2. The Morgan fingerprint density at radius 2 is 2.04 bits per heavy atom. The summed E-state index contributed by atoms with van der Waals surface area (Å²) in [5.74, 6) is -1.27. The number of fused-ring (bicyclic) bond motifs is 1. The molecule has 0 saturated carbocycles. The molecule has 5 heteroatoms. The predicted molar refractivity (Wildman–Crippen MR) is 85.3 cm³/mol. The standard InChI is InChI=1S/C18H18F2N2O/c1-12(15-7-6-14(19)10-16(15)20)21-11-18(23)22-9-8-13-4-2-3-5-17(13)22/h2-7,10,12,21H,8-9,11H2,1H3/t12-/m1/s1. The van der Waals surface area contributed by atoms with Crippen molar-refractivity contribution >= 4 is 11.6 Å². The summed E-state index contributed by atoms with van der Waals surface area (Å²) in [4.78, 5) is 14.1. The van der Waals surface area contributed by atoms with Gasteiger partial charge >= 0.3 is 0 Å². The molecular weight excluding hydrogens is 298 g/mol. The summed E-state index contributed by atoms with van der Waals surface area (Å²) in [6.45, 7) is 2.52. The zero-order chi connectivity index (χ0) is 16.4. The van der Waals surface area contributed by atoms with Crippen molar-refractivity contribution in [3.63, 3.8) is 0 Å². The molecule has 3 rings (SSSR count). The highest BCUT2D eigenvalue weighted by Gasteiger charge is 2.24. The summed E-state index contributed by atoms with van der Waals surface area (Å²) in [6, 6.07) is 10.9. The fourth-order valence-corrected chi connectivity index (χ4v) is 2.90. The topological polar surface area (TPSA) is 32.3 Å². The van der Waals surface area contributed by atoms with E-state index in [9.17, 15) is 13.6 Å². The summed E-state index contributed by atoms with van der Waals surface area (Å²) >= 11 is 0. The molecule has 0 aromatic heterocycles. The molecule has 1 heterocycles. The van der Waals surface area contributed by atoms with Crippen molar-refractivity contribution in [1.29, 1.82) is 0 Å². The third kappa shape index (κ3) is 3.24. The van der Waals surface area contributed by atoms with E-state index in [0.717, 1.165) is 18.2 Å². The Labute approximate surface area is 133 Å². The van der Waals surface area contributed by atoms with E-state index in [1.807, 2.05) is 24.3 Å². The Kier molecular flexibility index (Phi) is 4.39. The van der Waals surface area contributed by atoms with Gasteiger partial charge in [-0.2, -0.15) is 0 Å². The van der Waals surface area contributed by atoms with E-state index in [1.165, 1.54) is 17.7 Å². The third-order valence-electron chi connectivity index (χ3n) is 4.18. The maximum Gasteiger partial charge on any atom is 0.240 e. The van der Waals surface area contributed by atoms with Gasteiger partial charge in [-0.15, -0.1) is 0 Å². The van der Waals surface area contributed by atoms with Gasteiger partial charge in [0.15, 0.2) is 0 Å². The molecule has 1 amide bonds. The quantitative estimate of drug-likeness (QED) is 0.939. The number of nitrogens with zero attached hydrogens (tertiary/aromatic N) is 1. The Hall–Kier alpha value is -2.27. The van der Waals surface area contributed by atoms with Gasteiger partial charge in [-0.3, -0.25) is 4.79 Å². The average molecular weight is 316 g/mol. The van der Waals surface area contributed by atoms with Crippen LogP contribution >= 0.6 is 0 Å². The SMILES string of the molecule is C[C@@H](NCC(=O)N1CCc2ccccc21)c1ccc(F)cc1F. The lowest BCUT2D eigenvalue weighted by atomic mass is 10.1. The van der Waals surface area contributed by atoms with Crippen molar-refractivity contribution < 1.29 is 13.6 Å². The molecule has 1 aliphatic rings. The Morgan fingerprint density at radius 3 is 2.83 bits per heavy atom. The fraction of sp³-hybridized carbons (Fsp3) is 0.278. The number of anilines is 1. The molecule has 2 aromatic carbocycles. The molecule has 0 unspecified atom stereocenters. The summed E-state index contributed by atoms with van der Waals surface area (Å²) < 4.78 is 26.7. The molecule has 1 aliphatic heterocycles. The normalized spacial score (nSPS) is 14.7. The second-order valence-electron chi connectivity index (χ2n) is 5.69.